The SMILES string of the molecule is COc1ccc(C=CC(=O)NC(=S)NNC(=O)C(C)Oc2ccc(Cl)cc2Cl)cc1OC. The molecule has 11 heteroatoms. The summed E-state index contributed by atoms with van der Waals surface area (Å²) in [6.45, 7) is 1.52. The van der Waals surface area contributed by atoms with Crippen LogP contribution >= 0.6 is 35.4 Å². The first-order chi connectivity index (χ1) is 15.2. The van der Waals surface area contributed by atoms with E-state index in [1.165, 1.54) is 33.3 Å². The zero-order valence-corrected chi connectivity index (χ0v) is 19.7. The van der Waals surface area contributed by atoms with Crippen molar-refractivity contribution in [1.82, 2.24) is 16.2 Å². The second-order valence-electron chi connectivity index (χ2n) is 6.22. The van der Waals surface area contributed by atoms with Crippen molar-refractivity contribution in [3.63, 3.8) is 0 Å². The van der Waals surface area contributed by atoms with E-state index in [1.807, 2.05) is 0 Å². The van der Waals surface area contributed by atoms with Gasteiger partial charge in [-0.2, -0.15) is 0 Å². The summed E-state index contributed by atoms with van der Waals surface area (Å²) < 4.78 is 15.9. The normalized spacial score (nSPS) is 11.4. The molecule has 0 saturated heterocycles. The molecule has 1 unspecified atom stereocenters. The topological polar surface area (TPSA) is 97.9 Å². The number of rotatable bonds is 7. The van der Waals surface area contributed by atoms with Crippen molar-refractivity contribution in [1.29, 1.82) is 0 Å². The van der Waals surface area contributed by atoms with Gasteiger partial charge in [-0.1, -0.05) is 29.3 Å². The molecule has 0 bridgehead atoms. The molecule has 0 radical (unpaired) electrons. The van der Waals surface area contributed by atoms with Gasteiger partial charge in [0.05, 0.1) is 19.2 Å². The number of nitrogens with one attached hydrogen (secondary N) is 3. The molecule has 0 saturated carbocycles. The van der Waals surface area contributed by atoms with Crippen LogP contribution < -0.4 is 30.4 Å². The summed E-state index contributed by atoms with van der Waals surface area (Å²) >= 11 is 16.9. The third-order valence-corrected chi connectivity index (χ3v) is 4.67. The molecule has 0 aliphatic carbocycles. The van der Waals surface area contributed by atoms with Crippen LogP contribution in [0.15, 0.2) is 42.5 Å². The van der Waals surface area contributed by atoms with Gasteiger partial charge in [0.1, 0.15) is 5.75 Å². The molecule has 170 valence electrons. The number of amides is 2. The second kappa shape index (κ2) is 12.1. The molecule has 0 heterocycles. The summed E-state index contributed by atoms with van der Waals surface area (Å²) in [6.07, 6.45) is 1.96. The van der Waals surface area contributed by atoms with Gasteiger partial charge < -0.3 is 14.2 Å². The van der Waals surface area contributed by atoms with Crippen molar-refractivity contribution >= 4 is 58.4 Å². The van der Waals surface area contributed by atoms with Gasteiger partial charge in [-0.25, -0.2) is 0 Å². The maximum Gasteiger partial charge on any atom is 0.279 e. The van der Waals surface area contributed by atoms with Crippen LogP contribution in [0.3, 0.4) is 0 Å². The molecule has 0 aromatic heterocycles. The van der Waals surface area contributed by atoms with Gasteiger partial charge >= 0.3 is 0 Å². The molecule has 0 fully saturated rings. The predicted molar refractivity (Wildman–Crippen MR) is 127 cm³/mol. The highest BCUT2D eigenvalue weighted by atomic mass is 35.5. The molecule has 2 rings (SSSR count). The summed E-state index contributed by atoms with van der Waals surface area (Å²) in [5, 5.41) is 3.03. The first-order valence-corrected chi connectivity index (χ1v) is 10.3. The minimum atomic E-state index is -0.898. The highest BCUT2D eigenvalue weighted by Crippen LogP contribution is 2.29. The minimum absolute atomic E-state index is 0.1000. The Balaban J connectivity index is 1.82. The van der Waals surface area contributed by atoms with E-state index >= 15 is 0 Å². The monoisotopic (exact) mass is 497 g/mol. The Hall–Kier alpha value is -3.01. The lowest BCUT2D eigenvalue weighted by molar-refractivity contribution is -0.128. The Kier molecular flexibility index (Phi) is 9.58. The van der Waals surface area contributed by atoms with E-state index in [1.54, 1.807) is 36.4 Å². The van der Waals surface area contributed by atoms with Crippen molar-refractivity contribution in [3.05, 3.63) is 58.1 Å². The Bertz CT molecular complexity index is 1030. The zero-order chi connectivity index (χ0) is 23.7. The molecule has 1 atom stereocenters. The highest BCUT2D eigenvalue weighted by molar-refractivity contribution is 7.80. The van der Waals surface area contributed by atoms with E-state index in [9.17, 15) is 9.59 Å². The summed E-state index contributed by atoms with van der Waals surface area (Å²) in [6, 6.07) is 9.84. The van der Waals surface area contributed by atoms with Gasteiger partial charge in [0.15, 0.2) is 22.7 Å². The lowest BCUT2D eigenvalue weighted by atomic mass is 10.2. The van der Waals surface area contributed by atoms with E-state index in [4.69, 9.17) is 49.6 Å². The van der Waals surface area contributed by atoms with Gasteiger partial charge in [0.25, 0.3) is 5.91 Å². The quantitative estimate of drug-likeness (QED) is 0.305. The van der Waals surface area contributed by atoms with Gasteiger partial charge in [-0.05, 0) is 61.1 Å². The van der Waals surface area contributed by atoms with Crippen molar-refractivity contribution in [2.75, 3.05) is 14.2 Å². The third-order valence-electron chi connectivity index (χ3n) is 3.94. The van der Waals surface area contributed by atoms with Crippen molar-refractivity contribution in [2.24, 2.45) is 0 Å². The van der Waals surface area contributed by atoms with Crippen LogP contribution in [-0.2, 0) is 9.59 Å². The van der Waals surface area contributed by atoms with Crippen LogP contribution in [0.2, 0.25) is 10.0 Å². The number of hydrazine groups is 1. The molecule has 0 aliphatic rings. The third kappa shape index (κ3) is 7.60. The molecule has 2 aromatic carbocycles. The van der Waals surface area contributed by atoms with E-state index in [2.05, 4.69) is 16.2 Å². The Morgan fingerprint density at radius 2 is 1.69 bits per heavy atom. The number of benzene rings is 2. The van der Waals surface area contributed by atoms with Crippen molar-refractivity contribution in [2.45, 2.75) is 13.0 Å². The number of hydrogen-bond acceptors (Lipinski definition) is 6. The number of hydrogen-bond donors (Lipinski definition) is 3. The molecule has 3 N–H and O–H groups in total. The van der Waals surface area contributed by atoms with Crippen LogP contribution in [0.25, 0.3) is 6.08 Å². The van der Waals surface area contributed by atoms with Crippen molar-refractivity contribution < 1.29 is 23.8 Å². The number of methoxy groups -OCH3 is 2. The fourth-order valence-electron chi connectivity index (χ4n) is 2.35. The number of carbonyl (C=O) groups is 2. The van der Waals surface area contributed by atoms with Gasteiger partial charge in [0, 0.05) is 11.1 Å². The van der Waals surface area contributed by atoms with Gasteiger partial charge in [-0.15, -0.1) is 0 Å². The first-order valence-electron chi connectivity index (χ1n) is 9.16. The number of carbonyl (C=O) groups excluding carboxylic acids is 2. The highest BCUT2D eigenvalue weighted by Gasteiger charge is 2.16. The molecule has 2 aromatic rings. The molecule has 32 heavy (non-hydrogen) atoms. The van der Waals surface area contributed by atoms with E-state index in [-0.39, 0.29) is 10.1 Å². The van der Waals surface area contributed by atoms with Crippen LogP contribution in [0.5, 0.6) is 17.2 Å². The Morgan fingerprint density at radius 3 is 2.34 bits per heavy atom. The standard InChI is InChI=1S/C21H21Cl2N3O5S/c1-12(31-16-8-6-14(22)11-15(16)23)20(28)25-26-21(32)24-19(27)9-5-13-4-7-17(29-2)18(10-13)30-3/h4-12H,1-3H3,(H,25,28)(H2,24,26,27,32). The van der Waals surface area contributed by atoms with Gasteiger partial charge in [0.2, 0.25) is 5.91 Å². The summed E-state index contributed by atoms with van der Waals surface area (Å²) in [7, 11) is 3.06. The maximum absolute atomic E-state index is 12.2. The molecule has 0 aliphatic heterocycles. The molecule has 2 amide bonds. The largest absolute Gasteiger partial charge is 0.493 e. The molecular formula is C21H21Cl2N3O5S. The fourth-order valence-corrected chi connectivity index (χ4v) is 2.95. The van der Waals surface area contributed by atoms with E-state index < -0.39 is 17.9 Å². The lowest BCUT2D eigenvalue weighted by Gasteiger charge is -2.16. The average Bonchev–Trinajstić information content (AvgIpc) is 2.77. The summed E-state index contributed by atoms with van der Waals surface area (Å²) in [4.78, 5) is 24.2. The van der Waals surface area contributed by atoms with Gasteiger partial charge in [-0.3, -0.25) is 25.8 Å². The second-order valence-corrected chi connectivity index (χ2v) is 7.47. The van der Waals surface area contributed by atoms with E-state index in [0.29, 0.717) is 22.3 Å². The zero-order valence-electron chi connectivity index (χ0n) is 17.4. The predicted octanol–water partition coefficient (Wildman–Crippen LogP) is 3.51. The smallest absolute Gasteiger partial charge is 0.279 e. The first kappa shape index (κ1) is 25.3. The van der Waals surface area contributed by atoms with E-state index in [0.717, 1.165) is 5.56 Å². The Labute approximate surface area is 200 Å². The molecular weight excluding hydrogens is 477 g/mol. The maximum atomic E-state index is 12.2. The van der Waals surface area contributed by atoms with Crippen LogP contribution in [0, 0.1) is 0 Å². The Morgan fingerprint density at radius 1 is 1.00 bits per heavy atom. The van der Waals surface area contributed by atoms with Crippen LogP contribution in [0.1, 0.15) is 12.5 Å². The lowest BCUT2D eigenvalue weighted by Crippen LogP contribution is -2.51. The number of thiocarbonyl (C=S) groups is 1. The van der Waals surface area contributed by atoms with Crippen molar-refractivity contribution in [3.8, 4) is 17.2 Å². The number of halogens is 2. The summed E-state index contributed by atoms with van der Waals surface area (Å²) in [5.74, 6) is 0.380. The molecule has 0 spiro atoms. The summed E-state index contributed by atoms with van der Waals surface area (Å²) in [5.41, 5.74) is 5.50. The molecule has 8 nitrogen and oxygen atoms in total. The van der Waals surface area contributed by atoms with Crippen LogP contribution in [-0.4, -0.2) is 37.3 Å². The van der Waals surface area contributed by atoms with Crippen LogP contribution in [0.4, 0.5) is 0 Å². The fraction of sp³-hybridized carbons (Fsp3) is 0.190. The average molecular weight is 498 g/mol. The minimum Gasteiger partial charge on any atom is -0.493 e. The number of ether oxygens (including phenoxy) is 3.